The third kappa shape index (κ3) is 4.07. The van der Waals surface area contributed by atoms with E-state index in [4.69, 9.17) is 4.74 Å². The van der Waals surface area contributed by atoms with Gasteiger partial charge in [0.05, 0.1) is 6.61 Å². The molecular weight excluding hydrogens is 208 g/mol. The molecule has 17 heavy (non-hydrogen) atoms. The zero-order valence-corrected chi connectivity index (χ0v) is 11.1. The van der Waals surface area contributed by atoms with E-state index in [1.165, 1.54) is 37.7 Å². The van der Waals surface area contributed by atoms with Crippen LogP contribution in [0.4, 0.5) is 0 Å². The maximum atomic E-state index is 5.79. The highest BCUT2D eigenvalue weighted by Crippen LogP contribution is 2.30. The summed E-state index contributed by atoms with van der Waals surface area (Å²) in [4.78, 5) is 0. The van der Waals surface area contributed by atoms with Gasteiger partial charge in [-0.1, -0.05) is 50.3 Å². The zero-order chi connectivity index (χ0) is 12.1. The van der Waals surface area contributed by atoms with Gasteiger partial charge in [0.1, 0.15) is 5.75 Å². The van der Waals surface area contributed by atoms with E-state index < -0.39 is 0 Å². The van der Waals surface area contributed by atoms with Crippen LogP contribution in [0.2, 0.25) is 0 Å². The molecule has 1 aliphatic rings. The molecule has 0 N–H and O–H groups in total. The van der Waals surface area contributed by atoms with Crippen LogP contribution in [0.5, 0.6) is 5.75 Å². The molecule has 0 radical (unpaired) electrons. The first kappa shape index (κ1) is 12.5. The molecule has 1 saturated carbocycles. The summed E-state index contributed by atoms with van der Waals surface area (Å²) in [5, 5.41) is 0. The number of hydrogen-bond donors (Lipinski definition) is 0. The third-order valence-corrected chi connectivity index (χ3v) is 3.95. The molecule has 0 heterocycles. The molecule has 0 atom stereocenters. The van der Waals surface area contributed by atoms with E-state index in [0.717, 1.165) is 24.2 Å². The molecule has 1 fully saturated rings. The fraction of sp³-hybridized carbons (Fsp3) is 0.625. The maximum Gasteiger partial charge on any atom is 0.119 e. The molecule has 1 heteroatoms. The highest BCUT2D eigenvalue weighted by Gasteiger charge is 2.17. The van der Waals surface area contributed by atoms with E-state index in [-0.39, 0.29) is 0 Å². The summed E-state index contributed by atoms with van der Waals surface area (Å²) in [6, 6.07) is 8.35. The van der Waals surface area contributed by atoms with Crippen molar-refractivity contribution >= 4 is 0 Å². The Hall–Kier alpha value is -0.980. The number of benzene rings is 1. The summed E-state index contributed by atoms with van der Waals surface area (Å²) < 4.78 is 5.79. The molecule has 0 aromatic heterocycles. The summed E-state index contributed by atoms with van der Waals surface area (Å²) in [5.74, 6) is 2.86. The lowest BCUT2D eigenvalue weighted by atomic mass is 9.82. The second-order valence-corrected chi connectivity index (χ2v) is 5.58. The maximum absolute atomic E-state index is 5.79. The molecule has 0 unspecified atom stereocenters. The topological polar surface area (TPSA) is 9.23 Å². The summed E-state index contributed by atoms with van der Waals surface area (Å²) in [7, 11) is 0. The van der Waals surface area contributed by atoms with Crippen LogP contribution in [0.3, 0.4) is 0 Å². The van der Waals surface area contributed by atoms with E-state index in [0.29, 0.717) is 0 Å². The van der Waals surface area contributed by atoms with E-state index in [2.05, 4.69) is 38.1 Å². The second kappa shape index (κ2) is 6.09. The normalized spacial score (nSPS) is 24.6. The van der Waals surface area contributed by atoms with E-state index in [1.807, 2.05) is 0 Å². The minimum atomic E-state index is 0.877. The summed E-state index contributed by atoms with van der Waals surface area (Å²) in [5.41, 5.74) is 1.29. The molecule has 0 amide bonds. The number of hydrogen-bond acceptors (Lipinski definition) is 1. The van der Waals surface area contributed by atoms with Gasteiger partial charge in [0.15, 0.2) is 0 Å². The molecule has 1 aliphatic carbocycles. The Balaban J connectivity index is 1.67. The molecule has 94 valence electrons. The average molecular weight is 232 g/mol. The third-order valence-electron chi connectivity index (χ3n) is 3.95. The first-order chi connectivity index (χ1) is 8.24. The Morgan fingerprint density at radius 1 is 1.06 bits per heavy atom. The van der Waals surface area contributed by atoms with Crippen LogP contribution in [0, 0.1) is 18.8 Å². The van der Waals surface area contributed by atoms with Crippen LogP contribution in [0.25, 0.3) is 0 Å². The summed E-state index contributed by atoms with van der Waals surface area (Å²) in [6.45, 7) is 5.36. The summed E-state index contributed by atoms with van der Waals surface area (Å²) >= 11 is 0. The van der Waals surface area contributed by atoms with E-state index in [9.17, 15) is 0 Å². The quantitative estimate of drug-likeness (QED) is 0.737. The van der Waals surface area contributed by atoms with Gasteiger partial charge in [-0.25, -0.2) is 0 Å². The van der Waals surface area contributed by atoms with Gasteiger partial charge >= 0.3 is 0 Å². The van der Waals surface area contributed by atoms with Crippen LogP contribution < -0.4 is 4.74 Å². The lowest BCUT2D eigenvalue weighted by molar-refractivity contribution is 0.223. The van der Waals surface area contributed by atoms with Crippen molar-refractivity contribution in [3.8, 4) is 5.75 Å². The average Bonchev–Trinajstić information content (AvgIpc) is 2.34. The van der Waals surface area contributed by atoms with E-state index in [1.54, 1.807) is 0 Å². The van der Waals surface area contributed by atoms with Crippen LogP contribution in [0.1, 0.15) is 44.6 Å². The Morgan fingerprint density at radius 3 is 2.35 bits per heavy atom. The minimum absolute atomic E-state index is 0.877. The lowest BCUT2D eigenvalue weighted by Crippen LogP contribution is -2.14. The molecule has 0 bridgehead atoms. The highest BCUT2D eigenvalue weighted by molar-refractivity contribution is 5.26. The van der Waals surface area contributed by atoms with Gasteiger partial charge in [0.2, 0.25) is 0 Å². The lowest BCUT2D eigenvalue weighted by Gasteiger charge is -2.25. The summed E-state index contributed by atoms with van der Waals surface area (Å²) in [6.07, 6.45) is 6.85. The standard InChI is InChI=1S/C16H24O/c1-13-3-7-15(8-4-13)11-12-17-16-9-5-14(2)6-10-16/h5-6,9-10,13,15H,3-4,7-8,11-12H2,1-2H3. The molecule has 0 saturated heterocycles. The number of rotatable bonds is 4. The second-order valence-electron chi connectivity index (χ2n) is 5.58. The van der Waals surface area contributed by atoms with Gasteiger partial charge in [-0.05, 0) is 37.3 Å². The number of aryl methyl sites for hydroxylation is 1. The van der Waals surface area contributed by atoms with Crippen molar-refractivity contribution in [2.24, 2.45) is 11.8 Å². The molecule has 2 rings (SSSR count). The monoisotopic (exact) mass is 232 g/mol. The van der Waals surface area contributed by atoms with Crippen molar-refractivity contribution in [2.75, 3.05) is 6.61 Å². The van der Waals surface area contributed by atoms with Gasteiger partial charge in [0.25, 0.3) is 0 Å². The molecule has 1 aromatic carbocycles. The SMILES string of the molecule is Cc1ccc(OCCC2CCC(C)CC2)cc1. The Kier molecular flexibility index (Phi) is 4.47. The van der Waals surface area contributed by atoms with Crippen LogP contribution in [-0.4, -0.2) is 6.61 Å². The van der Waals surface area contributed by atoms with Crippen molar-refractivity contribution < 1.29 is 4.74 Å². The fourth-order valence-corrected chi connectivity index (χ4v) is 2.60. The van der Waals surface area contributed by atoms with Crippen molar-refractivity contribution in [1.29, 1.82) is 0 Å². The van der Waals surface area contributed by atoms with Gasteiger partial charge in [-0.2, -0.15) is 0 Å². The Bertz CT molecular complexity index is 320. The molecule has 1 nitrogen and oxygen atoms in total. The smallest absolute Gasteiger partial charge is 0.119 e. The number of ether oxygens (including phenoxy) is 1. The van der Waals surface area contributed by atoms with Crippen LogP contribution in [0.15, 0.2) is 24.3 Å². The van der Waals surface area contributed by atoms with E-state index >= 15 is 0 Å². The highest BCUT2D eigenvalue weighted by atomic mass is 16.5. The Labute approximate surface area is 105 Å². The fourth-order valence-electron chi connectivity index (χ4n) is 2.60. The van der Waals surface area contributed by atoms with Gasteiger partial charge in [-0.15, -0.1) is 0 Å². The zero-order valence-electron chi connectivity index (χ0n) is 11.1. The van der Waals surface area contributed by atoms with Crippen molar-refractivity contribution in [3.05, 3.63) is 29.8 Å². The van der Waals surface area contributed by atoms with Crippen LogP contribution >= 0.6 is 0 Å². The Morgan fingerprint density at radius 2 is 1.71 bits per heavy atom. The van der Waals surface area contributed by atoms with Crippen molar-refractivity contribution in [3.63, 3.8) is 0 Å². The molecule has 0 spiro atoms. The minimum Gasteiger partial charge on any atom is -0.494 e. The van der Waals surface area contributed by atoms with Crippen molar-refractivity contribution in [1.82, 2.24) is 0 Å². The molecular formula is C16H24O. The molecule has 1 aromatic rings. The first-order valence-corrected chi connectivity index (χ1v) is 6.93. The van der Waals surface area contributed by atoms with Crippen LogP contribution in [-0.2, 0) is 0 Å². The predicted molar refractivity (Wildman–Crippen MR) is 72.4 cm³/mol. The van der Waals surface area contributed by atoms with Gasteiger partial charge < -0.3 is 4.74 Å². The predicted octanol–water partition coefficient (Wildman–Crippen LogP) is 4.59. The largest absolute Gasteiger partial charge is 0.494 e. The first-order valence-electron chi connectivity index (χ1n) is 6.93. The van der Waals surface area contributed by atoms with Gasteiger partial charge in [0, 0.05) is 0 Å². The molecule has 0 aliphatic heterocycles. The van der Waals surface area contributed by atoms with Crippen molar-refractivity contribution in [2.45, 2.75) is 46.0 Å². The van der Waals surface area contributed by atoms with Gasteiger partial charge in [-0.3, -0.25) is 0 Å².